The molecule has 1 heterocycles. The molecule has 1 aliphatic heterocycles. The Kier molecular flexibility index (Phi) is 2.40. The monoisotopic (exact) mass is 134 g/mol. The summed E-state index contributed by atoms with van der Waals surface area (Å²) in [6.45, 7) is 2.33. The highest BCUT2D eigenvalue weighted by Gasteiger charge is 2.07. The Labute approximate surface area is 52.8 Å². The fraction of sp³-hybridized carbons (Fsp3) is 1.00. The van der Waals surface area contributed by atoms with Gasteiger partial charge in [0.05, 0.1) is 0 Å². The van der Waals surface area contributed by atoms with E-state index < -0.39 is 0 Å². The van der Waals surface area contributed by atoms with Gasteiger partial charge in [-0.2, -0.15) is 0 Å². The van der Waals surface area contributed by atoms with Gasteiger partial charge in [0, 0.05) is 11.5 Å². The predicted octanol–water partition coefficient (Wildman–Crippen LogP) is 2.41. The smallest absolute Gasteiger partial charge is 0.00629 e. The van der Waals surface area contributed by atoms with Gasteiger partial charge in [0.2, 0.25) is 0 Å². The first-order chi connectivity index (χ1) is 3.39. The zero-order valence-corrected chi connectivity index (χ0v) is 6.15. The van der Waals surface area contributed by atoms with Crippen LogP contribution in [0.25, 0.3) is 0 Å². The second-order valence-corrected chi connectivity index (χ2v) is 4.63. The lowest BCUT2D eigenvalue weighted by Crippen LogP contribution is -2.02. The van der Waals surface area contributed by atoms with Gasteiger partial charge in [-0.25, -0.2) is 0 Å². The molecule has 0 N–H and O–H groups in total. The van der Waals surface area contributed by atoms with E-state index in [2.05, 4.69) is 6.92 Å². The topological polar surface area (TPSA) is 0 Å². The maximum atomic E-state index is 2.33. The predicted molar refractivity (Wildman–Crippen MR) is 38.7 cm³/mol. The van der Waals surface area contributed by atoms with Crippen LogP contribution in [-0.2, 0) is 0 Å². The van der Waals surface area contributed by atoms with Crippen LogP contribution in [0.2, 0.25) is 0 Å². The van der Waals surface area contributed by atoms with Crippen LogP contribution < -0.4 is 0 Å². The molecular formula is C5H10S2. The molecule has 1 atom stereocenters. The van der Waals surface area contributed by atoms with Crippen molar-refractivity contribution in [1.82, 2.24) is 0 Å². The molecule has 42 valence electrons. The molecule has 1 aliphatic rings. The van der Waals surface area contributed by atoms with Crippen molar-refractivity contribution in [2.24, 2.45) is 5.92 Å². The second-order valence-electron chi connectivity index (χ2n) is 2.00. The van der Waals surface area contributed by atoms with Crippen LogP contribution in [0.1, 0.15) is 13.3 Å². The molecule has 0 aromatic carbocycles. The van der Waals surface area contributed by atoms with E-state index in [0.29, 0.717) is 0 Å². The van der Waals surface area contributed by atoms with E-state index in [9.17, 15) is 0 Å². The molecule has 0 saturated carbocycles. The highest BCUT2D eigenvalue weighted by atomic mass is 33.1. The quantitative estimate of drug-likeness (QED) is 0.467. The van der Waals surface area contributed by atoms with Gasteiger partial charge >= 0.3 is 0 Å². The molecule has 0 amide bonds. The second kappa shape index (κ2) is 2.88. The van der Waals surface area contributed by atoms with Crippen molar-refractivity contribution in [2.45, 2.75) is 13.3 Å². The highest BCUT2D eigenvalue weighted by molar-refractivity contribution is 8.76. The van der Waals surface area contributed by atoms with Crippen molar-refractivity contribution in [2.75, 3.05) is 11.5 Å². The maximum Gasteiger partial charge on any atom is 0.00629 e. The summed E-state index contributed by atoms with van der Waals surface area (Å²) in [4.78, 5) is 0. The van der Waals surface area contributed by atoms with E-state index in [1.54, 1.807) is 0 Å². The Balaban J connectivity index is 2.12. The fourth-order valence-electron chi connectivity index (χ4n) is 0.556. The van der Waals surface area contributed by atoms with E-state index in [1.807, 2.05) is 21.6 Å². The lowest BCUT2D eigenvalue weighted by Gasteiger charge is -2.14. The summed E-state index contributed by atoms with van der Waals surface area (Å²) in [5.74, 6) is 3.71. The fourth-order valence-corrected chi connectivity index (χ4v) is 3.30. The lowest BCUT2D eigenvalue weighted by atomic mass is 10.2. The van der Waals surface area contributed by atoms with Crippen LogP contribution in [0.5, 0.6) is 0 Å². The summed E-state index contributed by atoms with van der Waals surface area (Å²) in [6.07, 6.45) is 1.43. The SMILES string of the molecule is C[C@@H]1CCSSC1. The van der Waals surface area contributed by atoms with E-state index in [0.717, 1.165) is 5.92 Å². The summed E-state index contributed by atoms with van der Waals surface area (Å²) in [5.41, 5.74) is 0. The maximum absolute atomic E-state index is 2.33. The average Bonchev–Trinajstić information content (AvgIpc) is 1.69. The standard InChI is InChI=1S/C5H10S2/c1-5-2-3-6-7-4-5/h5H,2-4H2,1H3/t5-/m1/s1. The van der Waals surface area contributed by atoms with Gasteiger partial charge in [-0.1, -0.05) is 28.5 Å². The van der Waals surface area contributed by atoms with E-state index in [1.165, 1.54) is 17.9 Å². The highest BCUT2D eigenvalue weighted by Crippen LogP contribution is 2.31. The van der Waals surface area contributed by atoms with Gasteiger partial charge in [-0.05, 0) is 12.3 Å². The van der Waals surface area contributed by atoms with Crippen molar-refractivity contribution in [3.8, 4) is 0 Å². The summed E-state index contributed by atoms with van der Waals surface area (Å²) in [7, 11) is 4.04. The molecule has 0 spiro atoms. The molecule has 0 unspecified atom stereocenters. The number of hydrogen-bond donors (Lipinski definition) is 0. The van der Waals surface area contributed by atoms with Crippen molar-refractivity contribution in [3.63, 3.8) is 0 Å². The molecule has 0 radical (unpaired) electrons. The normalized spacial score (nSPS) is 33.0. The minimum absolute atomic E-state index is 0.978. The summed E-state index contributed by atoms with van der Waals surface area (Å²) in [6, 6.07) is 0. The van der Waals surface area contributed by atoms with E-state index in [4.69, 9.17) is 0 Å². The third-order valence-electron chi connectivity index (χ3n) is 1.13. The minimum atomic E-state index is 0.978. The van der Waals surface area contributed by atoms with E-state index in [-0.39, 0.29) is 0 Å². The average molecular weight is 134 g/mol. The van der Waals surface area contributed by atoms with Gasteiger partial charge in [0.15, 0.2) is 0 Å². The third kappa shape index (κ3) is 1.96. The lowest BCUT2D eigenvalue weighted by molar-refractivity contribution is 0.641. The molecule has 2 heteroatoms. The molecule has 0 aliphatic carbocycles. The molecule has 0 bridgehead atoms. The van der Waals surface area contributed by atoms with Crippen molar-refractivity contribution >= 4 is 21.6 Å². The van der Waals surface area contributed by atoms with Gasteiger partial charge in [0.25, 0.3) is 0 Å². The molecule has 0 nitrogen and oxygen atoms in total. The third-order valence-corrected chi connectivity index (χ3v) is 3.81. The summed E-state index contributed by atoms with van der Waals surface area (Å²) < 4.78 is 0. The summed E-state index contributed by atoms with van der Waals surface area (Å²) in [5, 5.41) is 0. The Morgan fingerprint density at radius 1 is 1.43 bits per heavy atom. The molecule has 1 fully saturated rings. The zero-order chi connectivity index (χ0) is 5.11. The molecule has 7 heavy (non-hydrogen) atoms. The van der Waals surface area contributed by atoms with Crippen molar-refractivity contribution in [1.29, 1.82) is 0 Å². The van der Waals surface area contributed by atoms with Crippen LogP contribution >= 0.6 is 21.6 Å². The Morgan fingerprint density at radius 3 is 2.57 bits per heavy atom. The first kappa shape index (κ1) is 5.83. The molecule has 0 aromatic rings. The van der Waals surface area contributed by atoms with Crippen molar-refractivity contribution < 1.29 is 0 Å². The van der Waals surface area contributed by atoms with Gasteiger partial charge in [-0.15, -0.1) is 0 Å². The largest absolute Gasteiger partial charge is 0.0941 e. The van der Waals surface area contributed by atoms with Gasteiger partial charge in [-0.3, -0.25) is 0 Å². The minimum Gasteiger partial charge on any atom is -0.0941 e. The van der Waals surface area contributed by atoms with Gasteiger partial charge in [0.1, 0.15) is 0 Å². The number of rotatable bonds is 0. The van der Waals surface area contributed by atoms with Crippen LogP contribution in [0, 0.1) is 5.92 Å². The molecule has 0 aromatic heterocycles. The molecular weight excluding hydrogens is 124 g/mol. The first-order valence-electron chi connectivity index (χ1n) is 2.64. The molecule has 1 saturated heterocycles. The Hall–Kier alpha value is 0.700. The van der Waals surface area contributed by atoms with Crippen molar-refractivity contribution in [3.05, 3.63) is 0 Å². The van der Waals surface area contributed by atoms with Crippen LogP contribution in [0.15, 0.2) is 0 Å². The van der Waals surface area contributed by atoms with Crippen LogP contribution in [0.3, 0.4) is 0 Å². The Morgan fingerprint density at radius 2 is 2.29 bits per heavy atom. The van der Waals surface area contributed by atoms with Gasteiger partial charge < -0.3 is 0 Å². The first-order valence-corrected chi connectivity index (χ1v) is 5.13. The van der Waals surface area contributed by atoms with E-state index >= 15 is 0 Å². The number of hydrogen-bond acceptors (Lipinski definition) is 2. The Bertz CT molecular complexity index is 48.0. The van der Waals surface area contributed by atoms with Crippen LogP contribution in [0.4, 0.5) is 0 Å². The molecule has 1 rings (SSSR count). The zero-order valence-electron chi connectivity index (χ0n) is 4.52. The van der Waals surface area contributed by atoms with Crippen LogP contribution in [-0.4, -0.2) is 11.5 Å². The summed E-state index contributed by atoms with van der Waals surface area (Å²) >= 11 is 0.